The summed E-state index contributed by atoms with van der Waals surface area (Å²) in [6.45, 7) is 0.456. The predicted molar refractivity (Wildman–Crippen MR) is 128 cm³/mol. The van der Waals surface area contributed by atoms with Crippen molar-refractivity contribution in [3.8, 4) is 11.6 Å². The number of hydrogen-bond acceptors (Lipinski definition) is 6. The largest absolute Gasteiger partial charge is 0.491 e. The molecule has 3 heterocycles. The molecule has 0 radical (unpaired) electrons. The minimum atomic E-state index is -0.379. The van der Waals surface area contributed by atoms with Crippen LogP contribution in [0.5, 0.6) is 5.75 Å². The molecule has 1 aliphatic carbocycles. The number of amides is 1. The Hall–Kier alpha value is -3.55. The van der Waals surface area contributed by atoms with E-state index in [0.29, 0.717) is 18.4 Å². The maximum Gasteiger partial charge on any atom is 0.243 e. The Kier molecular flexibility index (Phi) is 6.15. The van der Waals surface area contributed by atoms with Crippen molar-refractivity contribution < 1.29 is 9.53 Å². The fourth-order valence-electron chi connectivity index (χ4n) is 4.81. The molecule has 2 aliphatic rings. The summed E-state index contributed by atoms with van der Waals surface area (Å²) in [5.41, 5.74) is 1.03. The van der Waals surface area contributed by atoms with Gasteiger partial charge in [0.1, 0.15) is 30.0 Å². The van der Waals surface area contributed by atoms with E-state index in [1.54, 1.807) is 7.05 Å². The zero-order valence-corrected chi connectivity index (χ0v) is 18.8. The van der Waals surface area contributed by atoms with Crippen LogP contribution in [0.15, 0.2) is 54.9 Å². The fourth-order valence-corrected chi connectivity index (χ4v) is 4.81. The molecule has 2 atom stereocenters. The van der Waals surface area contributed by atoms with Gasteiger partial charge < -0.3 is 25.3 Å². The van der Waals surface area contributed by atoms with E-state index in [1.165, 1.54) is 6.42 Å². The van der Waals surface area contributed by atoms with E-state index in [1.807, 2.05) is 59.4 Å². The van der Waals surface area contributed by atoms with Gasteiger partial charge in [0.05, 0.1) is 6.04 Å². The number of nitrogens with one attached hydrogen (secondary N) is 3. The number of para-hydroxylation sites is 1. The number of ether oxygens (including phenoxy) is 1. The quantitative estimate of drug-likeness (QED) is 0.509. The van der Waals surface area contributed by atoms with Crippen LogP contribution in [0.2, 0.25) is 0 Å². The number of carbonyl (C=O) groups excluding carboxylic acids is 1. The van der Waals surface area contributed by atoms with Crippen molar-refractivity contribution >= 4 is 17.7 Å². The van der Waals surface area contributed by atoms with Gasteiger partial charge in [0.15, 0.2) is 0 Å². The minimum absolute atomic E-state index is 0.0145. The van der Waals surface area contributed by atoms with Crippen molar-refractivity contribution in [1.29, 1.82) is 0 Å². The average molecular weight is 447 g/mol. The molecule has 172 valence electrons. The number of anilines is 2. The Bertz CT molecular complexity index is 1090. The molecule has 5 rings (SSSR count). The van der Waals surface area contributed by atoms with E-state index in [9.17, 15) is 4.79 Å². The molecule has 3 N–H and O–H groups in total. The molecular weight excluding hydrogens is 416 g/mol. The van der Waals surface area contributed by atoms with Crippen molar-refractivity contribution in [1.82, 2.24) is 19.9 Å². The van der Waals surface area contributed by atoms with Crippen LogP contribution in [0.25, 0.3) is 5.82 Å². The smallest absolute Gasteiger partial charge is 0.243 e. The number of rotatable bonds is 7. The highest BCUT2D eigenvalue weighted by Crippen LogP contribution is 2.33. The Morgan fingerprint density at radius 2 is 1.88 bits per heavy atom. The zero-order chi connectivity index (χ0) is 22.6. The van der Waals surface area contributed by atoms with Crippen molar-refractivity contribution in [2.75, 3.05) is 24.3 Å². The predicted octanol–water partition coefficient (Wildman–Crippen LogP) is 3.92. The van der Waals surface area contributed by atoms with Gasteiger partial charge in [-0.25, -0.2) is 0 Å². The molecule has 0 spiro atoms. The average Bonchev–Trinajstić information content (AvgIpc) is 3.54. The summed E-state index contributed by atoms with van der Waals surface area (Å²) in [6, 6.07) is 13.2. The number of carbonyl (C=O) groups is 1. The lowest BCUT2D eigenvalue weighted by molar-refractivity contribution is -0.124. The first-order valence-corrected chi connectivity index (χ1v) is 11.7. The lowest BCUT2D eigenvalue weighted by Gasteiger charge is -2.31. The maximum absolute atomic E-state index is 13.6. The van der Waals surface area contributed by atoms with Crippen molar-refractivity contribution in [2.24, 2.45) is 5.92 Å². The van der Waals surface area contributed by atoms with Crippen LogP contribution >= 0.6 is 0 Å². The first kappa shape index (κ1) is 21.3. The van der Waals surface area contributed by atoms with Gasteiger partial charge in [0, 0.05) is 31.1 Å². The van der Waals surface area contributed by atoms with E-state index in [0.717, 1.165) is 42.8 Å². The van der Waals surface area contributed by atoms with Crippen LogP contribution in [-0.4, -0.2) is 40.1 Å². The molecule has 8 heteroatoms. The molecule has 1 fully saturated rings. The van der Waals surface area contributed by atoms with Crippen molar-refractivity contribution in [3.05, 3.63) is 60.4 Å². The van der Waals surface area contributed by atoms with Gasteiger partial charge in [-0.2, -0.15) is 9.97 Å². The van der Waals surface area contributed by atoms with Crippen LogP contribution in [0, 0.1) is 5.92 Å². The van der Waals surface area contributed by atoms with E-state index >= 15 is 0 Å². The number of hydrogen-bond donors (Lipinski definition) is 3. The molecular formula is C25H30N6O2. The highest BCUT2D eigenvalue weighted by atomic mass is 16.5. The van der Waals surface area contributed by atoms with Gasteiger partial charge in [-0.1, -0.05) is 37.5 Å². The minimum Gasteiger partial charge on any atom is -0.491 e. The molecule has 0 bridgehead atoms. The molecule has 33 heavy (non-hydrogen) atoms. The van der Waals surface area contributed by atoms with Crippen LogP contribution in [-0.2, 0) is 4.79 Å². The van der Waals surface area contributed by atoms with Gasteiger partial charge in [-0.15, -0.1) is 0 Å². The number of aromatic nitrogens is 3. The number of nitrogens with zero attached hydrogens (tertiary/aromatic N) is 3. The number of benzene rings is 1. The zero-order valence-electron chi connectivity index (χ0n) is 18.8. The van der Waals surface area contributed by atoms with E-state index in [2.05, 4.69) is 25.9 Å². The molecule has 0 saturated heterocycles. The Balaban J connectivity index is 1.40. The van der Waals surface area contributed by atoms with Crippen LogP contribution in [0.4, 0.5) is 11.8 Å². The van der Waals surface area contributed by atoms with E-state index in [4.69, 9.17) is 4.74 Å². The summed E-state index contributed by atoms with van der Waals surface area (Å²) in [5.74, 6) is 2.95. The van der Waals surface area contributed by atoms with Crippen molar-refractivity contribution in [2.45, 2.75) is 44.2 Å². The van der Waals surface area contributed by atoms with Crippen LogP contribution in [0.3, 0.4) is 0 Å². The monoisotopic (exact) mass is 446 g/mol. The van der Waals surface area contributed by atoms with Gasteiger partial charge in [-0.3, -0.25) is 4.79 Å². The topological polar surface area (TPSA) is 93.1 Å². The van der Waals surface area contributed by atoms with E-state index < -0.39 is 0 Å². The normalized spacial score (nSPS) is 18.8. The summed E-state index contributed by atoms with van der Waals surface area (Å²) in [4.78, 5) is 22.7. The highest BCUT2D eigenvalue weighted by molar-refractivity contribution is 5.85. The summed E-state index contributed by atoms with van der Waals surface area (Å²) in [7, 11) is 1.79. The standard InChI is InChI=1S/C25H30N6O2/c1-26-25-29-21(15-22(30-25)31-13-7-8-14-31)28-23(17-9-3-2-4-10-17)24(32)27-19-16-33-20-12-6-5-11-18(19)20/h5-8,11-15,17,19,23H,2-4,9-10,16H2,1H3,(H,27,32)(H2,26,28,29,30)/t19?,23-/m1/s1. The third-order valence-electron chi connectivity index (χ3n) is 6.53. The summed E-state index contributed by atoms with van der Waals surface area (Å²) < 4.78 is 7.70. The maximum atomic E-state index is 13.6. The van der Waals surface area contributed by atoms with Gasteiger partial charge in [0.25, 0.3) is 0 Å². The van der Waals surface area contributed by atoms with Gasteiger partial charge >= 0.3 is 0 Å². The lowest BCUT2D eigenvalue weighted by atomic mass is 9.83. The number of fused-ring (bicyclic) bond motifs is 1. The molecule has 1 amide bonds. The Morgan fingerprint density at radius 1 is 1.09 bits per heavy atom. The van der Waals surface area contributed by atoms with E-state index in [-0.39, 0.29) is 23.9 Å². The van der Waals surface area contributed by atoms with Crippen LogP contribution in [0.1, 0.15) is 43.7 Å². The third kappa shape index (κ3) is 4.65. The summed E-state index contributed by atoms with van der Waals surface area (Å²) in [5, 5.41) is 9.73. The van der Waals surface area contributed by atoms with Gasteiger partial charge in [0.2, 0.25) is 11.9 Å². The first-order chi connectivity index (χ1) is 16.2. The molecule has 8 nitrogen and oxygen atoms in total. The molecule has 1 unspecified atom stereocenters. The Labute approximate surface area is 193 Å². The third-order valence-corrected chi connectivity index (χ3v) is 6.53. The summed E-state index contributed by atoms with van der Waals surface area (Å²) in [6.07, 6.45) is 9.44. The molecule has 2 aromatic heterocycles. The second-order valence-corrected chi connectivity index (χ2v) is 8.71. The molecule has 3 aromatic rings. The molecule has 1 aromatic carbocycles. The molecule has 1 aliphatic heterocycles. The van der Waals surface area contributed by atoms with Crippen LogP contribution < -0.4 is 20.7 Å². The second kappa shape index (κ2) is 9.52. The second-order valence-electron chi connectivity index (χ2n) is 8.71. The Morgan fingerprint density at radius 3 is 2.67 bits per heavy atom. The summed E-state index contributed by atoms with van der Waals surface area (Å²) >= 11 is 0. The lowest BCUT2D eigenvalue weighted by Crippen LogP contribution is -2.46. The molecule has 1 saturated carbocycles. The SMILES string of the molecule is CNc1nc(N[C@@H](C(=O)NC2COc3ccccc32)C2CCCCC2)cc(-n2cccc2)n1. The van der Waals surface area contributed by atoms with Gasteiger partial charge in [-0.05, 0) is 37.0 Å². The van der Waals surface area contributed by atoms with Crippen molar-refractivity contribution in [3.63, 3.8) is 0 Å². The fraction of sp³-hybridized carbons (Fsp3) is 0.400. The first-order valence-electron chi connectivity index (χ1n) is 11.7. The highest BCUT2D eigenvalue weighted by Gasteiger charge is 2.33.